The molecule has 0 unspecified atom stereocenters. The van der Waals surface area contributed by atoms with E-state index in [-0.39, 0.29) is 5.91 Å². The molecule has 1 heterocycles. The first-order chi connectivity index (χ1) is 5.75. The second-order valence-corrected chi connectivity index (χ2v) is 3.62. The summed E-state index contributed by atoms with van der Waals surface area (Å²) in [6, 6.07) is 0. The van der Waals surface area contributed by atoms with Crippen LogP contribution in [0.1, 0.15) is 13.3 Å². The molecule has 2 N–H and O–H groups in total. The molecule has 1 aliphatic rings. The van der Waals surface area contributed by atoms with E-state index in [0.717, 1.165) is 18.7 Å². The summed E-state index contributed by atoms with van der Waals surface area (Å²) in [4.78, 5) is 13.1. The first-order valence-electron chi connectivity index (χ1n) is 4.04. The lowest BCUT2D eigenvalue weighted by atomic mass is 10.3. The van der Waals surface area contributed by atoms with E-state index in [1.165, 1.54) is 0 Å². The van der Waals surface area contributed by atoms with Gasteiger partial charge in [-0.3, -0.25) is 4.79 Å². The zero-order valence-electron chi connectivity index (χ0n) is 7.25. The lowest BCUT2D eigenvalue weighted by Crippen LogP contribution is -2.34. The number of nitrogens with two attached hydrogens (primary N) is 1. The van der Waals surface area contributed by atoms with Gasteiger partial charge in [-0.1, -0.05) is 0 Å². The molecule has 0 aromatic rings. The van der Waals surface area contributed by atoms with Gasteiger partial charge in [0.05, 0.1) is 5.75 Å². The van der Waals surface area contributed by atoms with Crippen molar-refractivity contribution in [3.63, 3.8) is 0 Å². The predicted molar refractivity (Wildman–Crippen MR) is 51.6 cm³/mol. The first kappa shape index (κ1) is 9.61. The van der Waals surface area contributed by atoms with Crippen LogP contribution in [0.25, 0.3) is 0 Å². The van der Waals surface area contributed by atoms with Gasteiger partial charge < -0.3 is 10.6 Å². The molecule has 0 aromatic carbocycles. The van der Waals surface area contributed by atoms with Crippen LogP contribution in [0.3, 0.4) is 0 Å². The standard InChI is InChI=1S/C8H14N2OS/c1-7-5-12-6-8(11)10(7)4-2-3-9/h5H,2-4,6,9H2,1H3. The van der Waals surface area contributed by atoms with E-state index in [1.807, 2.05) is 17.2 Å². The maximum Gasteiger partial charge on any atom is 0.237 e. The van der Waals surface area contributed by atoms with Crippen LogP contribution < -0.4 is 5.73 Å². The summed E-state index contributed by atoms with van der Waals surface area (Å²) in [6.45, 7) is 3.36. The molecule has 0 aromatic heterocycles. The third kappa shape index (κ3) is 2.25. The Morgan fingerprint density at radius 1 is 1.75 bits per heavy atom. The minimum atomic E-state index is 0.202. The van der Waals surface area contributed by atoms with Crippen LogP contribution in [0.2, 0.25) is 0 Å². The number of nitrogens with zero attached hydrogens (tertiary/aromatic N) is 1. The second kappa shape index (κ2) is 4.52. The topological polar surface area (TPSA) is 46.3 Å². The summed E-state index contributed by atoms with van der Waals surface area (Å²) < 4.78 is 0. The van der Waals surface area contributed by atoms with Gasteiger partial charge in [-0.25, -0.2) is 0 Å². The molecular formula is C8H14N2OS. The molecule has 0 fully saturated rings. The minimum Gasteiger partial charge on any atom is -0.330 e. The van der Waals surface area contributed by atoms with E-state index < -0.39 is 0 Å². The Bertz CT molecular complexity index is 203. The van der Waals surface area contributed by atoms with Gasteiger partial charge in [-0.05, 0) is 25.3 Å². The number of hydrogen-bond donors (Lipinski definition) is 1. The van der Waals surface area contributed by atoms with Crippen molar-refractivity contribution in [2.24, 2.45) is 5.73 Å². The number of amides is 1. The quantitative estimate of drug-likeness (QED) is 0.708. The van der Waals surface area contributed by atoms with Crippen LogP contribution in [0.4, 0.5) is 0 Å². The minimum absolute atomic E-state index is 0.202. The SMILES string of the molecule is CC1=CSCC(=O)N1CCCN. The van der Waals surface area contributed by atoms with Crippen molar-refractivity contribution in [3.8, 4) is 0 Å². The van der Waals surface area contributed by atoms with Crippen LogP contribution in [0.15, 0.2) is 11.1 Å². The highest BCUT2D eigenvalue weighted by Crippen LogP contribution is 2.18. The molecule has 3 nitrogen and oxygen atoms in total. The van der Waals surface area contributed by atoms with Gasteiger partial charge in [0.1, 0.15) is 0 Å². The van der Waals surface area contributed by atoms with Crippen LogP contribution in [0.5, 0.6) is 0 Å². The maximum atomic E-state index is 11.3. The molecule has 1 amide bonds. The van der Waals surface area contributed by atoms with Crippen molar-refractivity contribution in [3.05, 3.63) is 11.1 Å². The molecule has 0 bridgehead atoms. The Labute approximate surface area is 77.0 Å². The average Bonchev–Trinajstić information content (AvgIpc) is 2.04. The molecule has 0 saturated carbocycles. The molecule has 0 atom stereocenters. The van der Waals surface area contributed by atoms with Gasteiger partial charge in [0.15, 0.2) is 0 Å². The summed E-state index contributed by atoms with van der Waals surface area (Å²) >= 11 is 1.56. The third-order valence-electron chi connectivity index (χ3n) is 1.77. The second-order valence-electron chi connectivity index (χ2n) is 2.76. The van der Waals surface area contributed by atoms with Crippen molar-refractivity contribution >= 4 is 17.7 Å². The molecule has 4 heteroatoms. The van der Waals surface area contributed by atoms with Gasteiger partial charge >= 0.3 is 0 Å². The largest absolute Gasteiger partial charge is 0.330 e. The van der Waals surface area contributed by atoms with Crippen molar-refractivity contribution in [2.45, 2.75) is 13.3 Å². The lowest BCUT2D eigenvalue weighted by Gasteiger charge is -2.25. The van der Waals surface area contributed by atoms with Crippen LogP contribution in [-0.2, 0) is 4.79 Å². The Balaban J connectivity index is 2.52. The van der Waals surface area contributed by atoms with Crippen molar-refractivity contribution < 1.29 is 4.79 Å². The van der Waals surface area contributed by atoms with Crippen LogP contribution in [0, 0.1) is 0 Å². The maximum absolute atomic E-state index is 11.3. The average molecular weight is 186 g/mol. The third-order valence-corrected chi connectivity index (χ3v) is 2.69. The summed E-state index contributed by atoms with van der Waals surface area (Å²) in [6.07, 6.45) is 0.877. The van der Waals surface area contributed by atoms with Gasteiger partial charge in [0, 0.05) is 12.2 Å². The molecule has 0 aliphatic carbocycles. The summed E-state index contributed by atoms with van der Waals surface area (Å²) in [5.74, 6) is 0.774. The fraction of sp³-hybridized carbons (Fsp3) is 0.625. The fourth-order valence-corrected chi connectivity index (χ4v) is 1.87. The normalized spacial score (nSPS) is 18.0. The number of hydrogen-bond acceptors (Lipinski definition) is 3. The van der Waals surface area contributed by atoms with Crippen LogP contribution >= 0.6 is 11.8 Å². The number of rotatable bonds is 3. The Hall–Kier alpha value is -0.480. The van der Waals surface area contributed by atoms with E-state index in [2.05, 4.69) is 0 Å². The van der Waals surface area contributed by atoms with E-state index >= 15 is 0 Å². The monoisotopic (exact) mass is 186 g/mol. The molecule has 1 rings (SSSR count). The van der Waals surface area contributed by atoms with Gasteiger partial charge in [-0.15, -0.1) is 11.8 Å². The smallest absolute Gasteiger partial charge is 0.237 e. The summed E-state index contributed by atoms with van der Waals surface area (Å²) in [7, 11) is 0. The van der Waals surface area contributed by atoms with Gasteiger partial charge in [-0.2, -0.15) is 0 Å². The molecule has 1 aliphatic heterocycles. The number of thioether (sulfide) groups is 1. The lowest BCUT2D eigenvalue weighted by molar-refractivity contribution is -0.126. The van der Waals surface area contributed by atoms with Crippen molar-refractivity contribution in [1.29, 1.82) is 0 Å². The fourth-order valence-electron chi connectivity index (χ4n) is 1.12. The molecule has 0 radical (unpaired) electrons. The van der Waals surface area contributed by atoms with Gasteiger partial charge in [0.2, 0.25) is 5.91 Å². The van der Waals surface area contributed by atoms with E-state index in [0.29, 0.717) is 12.3 Å². The van der Waals surface area contributed by atoms with Crippen molar-refractivity contribution in [1.82, 2.24) is 4.90 Å². The van der Waals surface area contributed by atoms with E-state index in [9.17, 15) is 4.79 Å². The number of allylic oxidation sites excluding steroid dienone is 1. The number of carbonyl (C=O) groups excluding carboxylic acids is 1. The predicted octanol–water partition coefficient (Wildman–Crippen LogP) is 0.772. The van der Waals surface area contributed by atoms with Gasteiger partial charge in [0.25, 0.3) is 0 Å². The molecule has 0 saturated heterocycles. The van der Waals surface area contributed by atoms with Crippen LogP contribution in [-0.4, -0.2) is 29.6 Å². The summed E-state index contributed by atoms with van der Waals surface area (Å²) in [5, 5.41) is 2.03. The molecule has 12 heavy (non-hydrogen) atoms. The first-order valence-corrected chi connectivity index (χ1v) is 5.09. The Kier molecular flexibility index (Phi) is 3.62. The summed E-state index contributed by atoms with van der Waals surface area (Å²) in [5.41, 5.74) is 6.42. The Morgan fingerprint density at radius 2 is 2.50 bits per heavy atom. The number of carbonyl (C=O) groups is 1. The highest BCUT2D eigenvalue weighted by molar-refractivity contribution is 8.02. The molecule has 0 spiro atoms. The molecule has 68 valence electrons. The van der Waals surface area contributed by atoms with E-state index in [4.69, 9.17) is 5.73 Å². The van der Waals surface area contributed by atoms with E-state index in [1.54, 1.807) is 11.8 Å². The zero-order chi connectivity index (χ0) is 8.97. The zero-order valence-corrected chi connectivity index (χ0v) is 8.06. The molecular weight excluding hydrogens is 172 g/mol. The highest BCUT2D eigenvalue weighted by Gasteiger charge is 2.17. The highest BCUT2D eigenvalue weighted by atomic mass is 32.2. The van der Waals surface area contributed by atoms with Crippen molar-refractivity contribution in [2.75, 3.05) is 18.8 Å². The Morgan fingerprint density at radius 3 is 3.08 bits per heavy atom.